The molecule has 0 aliphatic rings. The Morgan fingerprint density at radius 2 is 2.04 bits per heavy atom. The van der Waals surface area contributed by atoms with E-state index in [1.165, 1.54) is 6.20 Å². The second-order valence-electron chi connectivity index (χ2n) is 5.09. The summed E-state index contributed by atoms with van der Waals surface area (Å²) in [6.45, 7) is 3.00. The fraction of sp³-hybridized carbons (Fsp3) is 0.158. The third-order valence-corrected chi connectivity index (χ3v) is 3.72. The average Bonchev–Trinajstić information content (AvgIpc) is 2.60. The third kappa shape index (κ3) is 5.98. The van der Waals surface area contributed by atoms with Crippen LogP contribution in [0.1, 0.15) is 12.5 Å². The van der Waals surface area contributed by atoms with Crippen LogP contribution < -0.4 is 15.4 Å². The van der Waals surface area contributed by atoms with Gasteiger partial charge in [0, 0.05) is 22.9 Å². The number of hydrogen-bond acceptors (Lipinski definition) is 4. The lowest BCUT2D eigenvalue weighted by Crippen LogP contribution is -2.16. The summed E-state index contributed by atoms with van der Waals surface area (Å²) in [5.41, 5.74) is 1.64. The Morgan fingerprint density at radius 3 is 2.68 bits per heavy atom. The van der Waals surface area contributed by atoms with Crippen LogP contribution in [0.2, 0.25) is 0 Å². The fourth-order valence-corrected chi connectivity index (χ4v) is 2.51. The highest BCUT2D eigenvalue weighted by molar-refractivity contribution is 9.10. The molecule has 0 saturated heterocycles. The van der Waals surface area contributed by atoms with E-state index in [2.05, 4.69) is 26.6 Å². The molecule has 0 spiro atoms. The first-order chi connectivity index (χ1) is 12.1. The molecule has 0 heterocycles. The lowest BCUT2D eigenvalue weighted by molar-refractivity contribution is -0.112. The van der Waals surface area contributed by atoms with Crippen molar-refractivity contribution in [2.75, 3.05) is 11.9 Å². The van der Waals surface area contributed by atoms with Crippen LogP contribution in [0, 0.1) is 11.3 Å². The van der Waals surface area contributed by atoms with Crippen LogP contribution in [0.3, 0.4) is 0 Å². The topological polar surface area (TPSA) is 74.1 Å². The minimum Gasteiger partial charge on any atom is -0.494 e. The molecule has 1 amide bonds. The monoisotopic (exact) mass is 399 g/mol. The summed E-state index contributed by atoms with van der Waals surface area (Å²) in [7, 11) is 0. The zero-order valence-electron chi connectivity index (χ0n) is 13.8. The van der Waals surface area contributed by atoms with Gasteiger partial charge in [-0.3, -0.25) is 4.79 Å². The molecule has 0 unspecified atom stereocenters. The van der Waals surface area contributed by atoms with Crippen LogP contribution in [-0.2, 0) is 11.3 Å². The molecule has 128 valence electrons. The van der Waals surface area contributed by atoms with Crippen LogP contribution in [0.5, 0.6) is 5.75 Å². The van der Waals surface area contributed by atoms with Gasteiger partial charge in [-0.05, 0) is 48.9 Å². The Kier molecular flexibility index (Phi) is 7.05. The van der Waals surface area contributed by atoms with Crippen molar-refractivity contribution in [3.8, 4) is 11.8 Å². The van der Waals surface area contributed by atoms with E-state index < -0.39 is 5.91 Å². The molecule has 0 atom stereocenters. The standard InChI is InChI=1S/C19H18BrN3O2/c1-2-25-18-8-6-17(7-9-18)23-19(24)15(11-21)13-22-12-14-4-3-5-16(20)10-14/h3-10,13,22H,2,12H2,1H3,(H,23,24)/b15-13-. The van der Waals surface area contributed by atoms with Gasteiger partial charge in [-0.25, -0.2) is 0 Å². The van der Waals surface area contributed by atoms with Gasteiger partial charge < -0.3 is 15.4 Å². The van der Waals surface area contributed by atoms with Crippen molar-refractivity contribution < 1.29 is 9.53 Å². The Balaban J connectivity index is 1.94. The van der Waals surface area contributed by atoms with Crippen molar-refractivity contribution in [3.05, 3.63) is 70.3 Å². The van der Waals surface area contributed by atoms with Crippen molar-refractivity contribution in [2.24, 2.45) is 0 Å². The van der Waals surface area contributed by atoms with Crippen LogP contribution in [0.4, 0.5) is 5.69 Å². The summed E-state index contributed by atoms with van der Waals surface area (Å²) < 4.78 is 6.32. The van der Waals surface area contributed by atoms with Gasteiger partial charge in [0.15, 0.2) is 0 Å². The Labute approximate surface area is 155 Å². The van der Waals surface area contributed by atoms with Crippen LogP contribution in [-0.4, -0.2) is 12.5 Å². The SMILES string of the molecule is CCOc1ccc(NC(=O)/C(C#N)=C\NCc2cccc(Br)c2)cc1. The Hall–Kier alpha value is -2.78. The van der Waals surface area contributed by atoms with Crippen molar-refractivity contribution >= 4 is 27.5 Å². The summed E-state index contributed by atoms with van der Waals surface area (Å²) in [4.78, 5) is 12.2. The number of carbonyl (C=O) groups is 1. The van der Waals surface area contributed by atoms with Gasteiger partial charge in [-0.2, -0.15) is 5.26 Å². The quantitative estimate of drug-likeness (QED) is 0.545. The molecule has 6 heteroatoms. The van der Waals surface area contributed by atoms with Crippen LogP contribution in [0.15, 0.2) is 64.8 Å². The second kappa shape index (κ2) is 9.50. The molecular formula is C19H18BrN3O2. The molecule has 2 aromatic rings. The maximum absolute atomic E-state index is 12.2. The molecule has 25 heavy (non-hydrogen) atoms. The predicted octanol–water partition coefficient (Wildman–Crippen LogP) is 3.98. The number of nitrogens with one attached hydrogen (secondary N) is 2. The number of halogens is 1. The number of nitriles is 1. The number of ether oxygens (including phenoxy) is 1. The lowest BCUT2D eigenvalue weighted by Gasteiger charge is -2.07. The number of rotatable bonds is 7. The summed E-state index contributed by atoms with van der Waals surface area (Å²) >= 11 is 3.40. The van der Waals surface area contributed by atoms with Gasteiger partial charge in [0.1, 0.15) is 17.4 Å². The van der Waals surface area contributed by atoms with E-state index in [9.17, 15) is 10.1 Å². The Morgan fingerprint density at radius 1 is 1.28 bits per heavy atom. The van der Waals surface area contributed by atoms with E-state index in [4.69, 9.17) is 4.74 Å². The predicted molar refractivity (Wildman–Crippen MR) is 101 cm³/mol. The summed E-state index contributed by atoms with van der Waals surface area (Å²) in [5.74, 6) is 0.264. The largest absolute Gasteiger partial charge is 0.494 e. The summed E-state index contributed by atoms with van der Waals surface area (Å²) in [5, 5.41) is 14.9. The fourth-order valence-electron chi connectivity index (χ4n) is 2.07. The van der Waals surface area contributed by atoms with Gasteiger partial charge >= 0.3 is 0 Å². The minimum absolute atomic E-state index is 0.00359. The minimum atomic E-state index is -0.464. The van der Waals surface area contributed by atoms with Crippen molar-refractivity contribution in [1.29, 1.82) is 5.26 Å². The molecule has 2 aromatic carbocycles. The highest BCUT2D eigenvalue weighted by atomic mass is 79.9. The first-order valence-corrected chi connectivity index (χ1v) is 8.54. The van der Waals surface area contributed by atoms with Gasteiger partial charge in [0.05, 0.1) is 6.61 Å². The molecule has 0 aromatic heterocycles. The summed E-state index contributed by atoms with van der Waals surface area (Å²) in [6.07, 6.45) is 1.42. The van der Waals surface area contributed by atoms with Crippen molar-refractivity contribution in [3.63, 3.8) is 0 Å². The zero-order valence-corrected chi connectivity index (χ0v) is 15.3. The first kappa shape index (κ1) is 18.6. The smallest absolute Gasteiger partial charge is 0.267 e. The van der Waals surface area contributed by atoms with E-state index in [-0.39, 0.29) is 5.57 Å². The van der Waals surface area contributed by atoms with E-state index in [1.807, 2.05) is 37.3 Å². The molecular weight excluding hydrogens is 382 g/mol. The molecule has 0 bridgehead atoms. The maximum Gasteiger partial charge on any atom is 0.267 e. The average molecular weight is 400 g/mol. The second-order valence-corrected chi connectivity index (χ2v) is 6.01. The molecule has 0 aliphatic heterocycles. The van der Waals surface area contributed by atoms with E-state index in [1.54, 1.807) is 24.3 Å². The third-order valence-electron chi connectivity index (χ3n) is 3.23. The highest BCUT2D eigenvalue weighted by Gasteiger charge is 2.09. The molecule has 0 saturated carbocycles. The number of anilines is 1. The number of carbonyl (C=O) groups excluding carboxylic acids is 1. The highest BCUT2D eigenvalue weighted by Crippen LogP contribution is 2.16. The van der Waals surface area contributed by atoms with Gasteiger partial charge in [0.2, 0.25) is 0 Å². The molecule has 0 radical (unpaired) electrons. The molecule has 5 nitrogen and oxygen atoms in total. The van der Waals surface area contributed by atoms with Gasteiger partial charge in [-0.1, -0.05) is 28.1 Å². The molecule has 2 N–H and O–H groups in total. The van der Waals surface area contributed by atoms with Gasteiger partial charge in [0.25, 0.3) is 5.91 Å². The van der Waals surface area contributed by atoms with Crippen molar-refractivity contribution in [1.82, 2.24) is 5.32 Å². The number of benzene rings is 2. The van der Waals surface area contributed by atoms with E-state index in [0.29, 0.717) is 18.8 Å². The Bertz CT molecular complexity index is 795. The molecule has 0 aliphatic carbocycles. The lowest BCUT2D eigenvalue weighted by atomic mass is 10.2. The molecule has 0 fully saturated rings. The van der Waals surface area contributed by atoms with E-state index >= 15 is 0 Å². The van der Waals surface area contributed by atoms with Crippen LogP contribution >= 0.6 is 15.9 Å². The number of hydrogen-bond donors (Lipinski definition) is 2. The first-order valence-electron chi connectivity index (χ1n) is 7.74. The number of nitrogens with zero attached hydrogens (tertiary/aromatic N) is 1. The van der Waals surface area contributed by atoms with E-state index in [0.717, 1.165) is 15.8 Å². The maximum atomic E-state index is 12.2. The summed E-state index contributed by atoms with van der Waals surface area (Å²) in [6, 6.07) is 16.7. The number of amides is 1. The van der Waals surface area contributed by atoms with Gasteiger partial charge in [-0.15, -0.1) is 0 Å². The van der Waals surface area contributed by atoms with Crippen LogP contribution in [0.25, 0.3) is 0 Å². The normalized spacial score (nSPS) is 10.7. The zero-order chi connectivity index (χ0) is 18.1. The molecule has 2 rings (SSSR count). The van der Waals surface area contributed by atoms with Crippen molar-refractivity contribution in [2.45, 2.75) is 13.5 Å².